The highest BCUT2D eigenvalue weighted by Crippen LogP contribution is 2.42. The second-order valence-electron chi connectivity index (χ2n) is 6.13. The van der Waals surface area contributed by atoms with Gasteiger partial charge in [0.2, 0.25) is 5.54 Å². The topological polar surface area (TPSA) is 111 Å². The molecule has 2 N–H and O–H groups in total. The van der Waals surface area contributed by atoms with E-state index in [9.17, 15) is 19.5 Å². The van der Waals surface area contributed by atoms with Crippen molar-refractivity contribution in [1.82, 2.24) is 5.32 Å². The van der Waals surface area contributed by atoms with Crippen molar-refractivity contribution in [3.63, 3.8) is 0 Å². The van der Waals surface area contributed by atoms with Crippen molar-refractivity contribution in [2.45, 2.75) is 38.8 Å². The van der Waals surface area contributed by atoms with Gasteiger partial charge in [0.05, 0.1) is 25.9 Å². The zero-order chi connectivity index (χ0) is 20.7. The van der Waals surface area contributed by atoms with Gasteiger partial charge in [0.15, 0.2) is 0 Å². The third-order valence-corrected chi connectivity index (χ3v) is 4.32. The van der Waals surface area contributed by atoms with E-state index in [-0.39, 0.29) is 32.0 Å². The molecule has 152 valence electrons. The van der Waals surface area contributed by atoms with Crippen LogP contribution >= 0.6 is 0 Å². The number of phenols is 1. The summed E-state index contributed by atoms with van der Waals surface area (Å²) in [4.78, 5) is 37.5. The summed E-state index contributed by atoms with van der Waals surface area (Å²) >= 11 is 0. The molecule has 1 fully saturated rings. The van der Waals surface area contributed by atoms with E-state index in [1.165, 1.54) is 12.1 Å². The van der Waals surface area contributed by atoms with Crippen LogP contribution in [0.4, 0.5) is 0 Å². The van der Waals surface area contributed by atoms with Gasteiger partial charge >= 0.3 is 17.9 Å². The lowest BCUT2D eigenvalue weighted by Gasteiger charge is -2.25. The van der Waals surface area contributed by atoms with E-state index >= 15 is 0 Å². The molecule has 1 heterocycles. The molecule has 8 heteroatoms. The lowest BCUT2D eigenvalue weighted by Crippen LogP contribution is -2.56. The Morgan fingerprint density at radius 1 is 1.07 bits per heavy atom. The first-order valence-electron chi connectivity index (χ1n) is 9.16. The smallest absolute Gasteiger partial charge is 0.338 e. The normalized spacial score (nSPS) is 19.2. The van der Waals surface area contributed by atoms with Crippen LogP contribution in [0.3, 0.4) is 0 Å². The molecular weight excluding hydrogens is 366 g/mol. The highest BCUT2D eigenvalue weighted by Gasteiger charge is 2.56. The first-order valence-corrected chi connectivity index (χ1v) is 9.16. The van der Waals surface area contributed by atoms with Crippen LogP contribution in [0.5, 0.6) is 5.75 Å². The van der Waals surface area contributed by atoms with E-state index in [4.69, 9.17) is 14.2 Å². The lowest BCUT2D eigenvalue weighted by molar-refractivity contribution is -0.165. The first kappa shape index (κ1) is 21.4. The first-order chi connectivity index (χ1) is 13.4. The number of benzene rings is 1. The van der Waals surface area contributed by atoms with Gasteiger partial charge in [-0.3, -0.25) is 5.32 Å². The summed E-state index contributed by atoms with van der Waals surface area (Å²) in [6.45, 7) is 5.24. The van der Waals surface area contributed by atoms with Crippen LogP contribution in [0.25, 0.3) is 0 Å². The van der Waals surface area contributed by atoms with Crippen molar-refractivity contribution in [3.8, 4) is 5.75 Å². The van der Waals surface area contributed by atoms with Crippen LogP contribution in [0.2, 0.25) is 0 Å². The van der Waals surface area contributed by atoms with Crippen molar-refractivity contribution in [2.24, 2.45) is 0 Å². The van der Waals surface area contributed by atoms with E-state index in [1.54, 1.807) is 39.0 Å². The van der Waals surface area contributed by atoms with Gasteiger partial charge < -0.3 is 19.3 Å². The van der Waals surface area contributed by atoms with Crippen LogP contribution in [0.1, 0.15) is 38.8 Å². The second-order valence-corrected chi connectivity index (χ2v) is 6.13. The average Bonchev–Trinajstić information content (AvgIpc) is 3.03. The van der Waals surface area contributed by atoms with Gasteiger partial charge in [0, 0.05) is 18.1 Å². The van der Waals surface area contributed by atoms with Crippen molar-refractivity contribution in [3.05, 3.63) is 41.5 Å². The largest absolute Gasteiger partial charge is 0.508 e. The third-order valence-electron chi connectivity index (χ3n) is 4.32. The van der Waals surface area contributed by atoms with Gasteiger partial charge in [0.25, 0.3) is 0 Å². The minimum absolute atomic E-state index is 0.0433. The molecule has 8 nitrogen and oxygen atoms in total. The number of carbonyl (C=O) groups is 3. The van der Waals surface area contributed by atoms with Gasteiger partial charge in [-0.2, -0.15) is 0 Å². The number of hydrogen-bond acceptors (Lipinski definition) is 8. The van der Waals surface area contributed by atoms with Crippen molar-refractivity contribution < 1.29 is 33.7 Å². The summed E-state index contributed by atoms with van der Waals surface area (Å²) < 4.78 is 15.2. The summed E-state index contributed by atoms with van der Waals surface area (Å²) in [6, 6.07) is 5.69. The van der Waals surface area contributed by atoms with E-state index < -0.39 is 29.5 Å². The molecule has 0 aliphatic carbocycles. The highest BCUT2D eigenvalue weighted by molar-refractivity contribution is 6.06. The van der Waals surface area contributed by atoms with E-state index in [0.717, 1.165) is 0 Å². The molecule has 1 aliphatic rings. The Labute approximate surface area is 163 Å². The number of hydrogen-bond donors (Lipinski definition) is 2. The number of esters is 3. The molecule has 1 aromatic carbocycles. The van der Waals surface area contributed by atoms with Gasteiger partial charge in [-0.25, -0.2) is 14.4 Å². The van der Waals surface area contributed by atoms with Crippen molar-refractivity contribution in [2.75, 3.05) is 19.8 Å². The Balaban J connectivity index is 2.55. The maximum absolute atomic E-state index is 12.7. The molecule has 0 saturated carbocycles. The molecule has 1 unspecified atom stereocenters. The Hall–Kier alpha value is -2.87. The van der Waals surface area contributed by atoms with Crippen LogP contribution < -0.4 is 5.32 Å². The minimum atomic E-state index is -1.82. The van der Waals surface area contributed by atoms with Gasteiger partial charge in [-0.05, 0) is 32.4 Å². The standard InChI is InChI=1S/C20H25NO7/c1-4-26-16(23)11-13-12-20(18(24)27-5-2,19(25)28-6-3)21-17(13)14-9-7-8-10-15(14)22/h7-11,17,21-22H,4-6,12H2,1-3H3/b13-11+. The summed E-state index contributed by atoms with van der Waals surface area (Å²) in [5, 5.41) is 13.2. The predicted molar refractivity (Wildman–Crippen MR) is 99.3 cm³/mol. The van der Waals surface area contributed by atoms with Crippen LogP contribution in [0, 0.1) is 0 Å². The summed E-state index contributed by atoms with van der Waals surface area (Å²) in [7, 11) is 0. The van der Waals surface area contributed by atoms with Gasteiger partial charge in [-0.15, -0.1) is 0 Å². The molecule has 0 spiro atoms. The molecule has 1 aromatic rings. The number of carbonyl (C=O) groups excluding carboxylic acids is 3. The van der Waals surface area contributed by atoms with Crippen LogP contribution in [0.15, 0.2) is 35.9 Å². The molecule has 0 radical (unpaired) electrons. The zero-order valence-electron chi connectivity index (χ0n) is 16.2. The molecule has 0 bridgehead atoms. The number of para-hydroxylation sites is 1. The predicted octanol–water partition coefficient (Wildman–Crippen LogP) is 1.78. The third kappa shape index (κ3) is 4.33. The van der Waals surface area contributed by atoms with E-state index in [2.05, 4.69) is 5.32 Å². The maximum atomic E-state index is 12.7. The number of rotatable bonds is 7. The summed E-state index contributed by atoms with van der Waals surface area (Å²) in [5.74, 6) is -2.26. The molecule has 0 aromatic heterocycles. The molecule has 1 saturated heterocycles. The van der Waals surface area contributed by atoms with Crippen LogP contribution in [-0.2, 0) is 28.6 Å². The fourth-order valence-electron chi connectivity index (χ4n) is 3.13. The summed E-state index contributed by atoms with van der Waals surface area (Å²) in [6.07, 6.45) is 1.08. The Kier molecular flexibility index (Phi) is 7.17. The SMILES string of the molecule is CCOC(=O)/C=C1\CC(C(=O)OCC)(C(=O)OCC)NC1c1ccccc1O. The molecule has 28 heavy (non-hydrogen) atoms. The van der Waals surface area contributed by atoms with E-state index in [0.29, 0.717) is 11.1 Å². The van der Waals surface area contributed by atoms with Gasteiger partial charge in [0.1, 0.15) is 5.75 Å². The number of ether oxygens (including phenoxy) is 3. The van der Waals surface area contributed by atoms with Gasteiger partial charge in [-0.1, -0.05) is 18.2 Å². The highest BCUT2D eigenvalue weighted by atomic mass is 16.6. The monoisotopic (exact) mass is 391 g/mol. The molecular formula is C20H25NO7. The lowest BCUT2D eigenvalue weighted by atomic mass is 9.93. The number of phenolic OH excluding ortho intramolecular Hbond substituents is 1. The second kappa shape index (κ2) is 9.36. The zero-order valence-corrected chi connectivity index (χ0v) is 16.2. The molecule has 2 rings (SSSR count). The molecule has 1 aliphatic heterocycles. The Bertz CT molecular complexity index is 754. The Morgan fingerprint density at radius 2 is 1.64 bits per heavy atom. The average molecular weight is 391 g/mol. The molecule has 0 amide bonds. The maximum Gasteiger partial charge on any atom is 0.338 e. The van der Waals surface area contributed by atoms with Crippen LogP contribution in [-0.4, -0.2) is 48.4 Å². The molecule has 1 atom stereocenters. The van der Waals surface area contributed by atoms with Crippen molar-refractivity contribution >= 4 is 17.9 Å². The quantitative estimate of drug-likeness (QED) is 0.313. The number of nitrogens with one attached hydrogen (secondary N) is 1. The fraction of sp³-hybridized carbons (Fsp3) is 0.450. The Morgan fingerprint density at radius 3 is 2.18 bits per heavy atom. The fourth-order valence-corrected chi connectivity index (χ4v) is 3.13. The minimum Gasteiger partial charge on any atom is -0.508 e. The van der Waals surface area contributed by atoms with E-state index in [1.807, 2.05) is 0 Å². The number of aromatic hydroxyl groups is 1. The summed E-state index contributed by atoms with van der Waals surface area (Å²) in [5.41, 5.74) is -1.01. The van der Waals surface area contributed by atoms with Crippen molar-refractivity contribution in [1.29, 1.82) is 0 Å².